The first-order valence-electron chi connectivity index (χ1n) is 8.07. The number of rotatable bonds is 5. The van der Waals surface area contributed by atoms with Crippen LogP contribution in [0.15, 0.2) is 88.9 Å². The van der Waals surface area contributed by atoms with E-state index in [1.807, 2.05) is 86.0 Å². The maximum absolute atomic E-state index is 12.6. The molecule has 0 amide bonds. The minimum Gasteiger partial charge on any atom is -0.289 e. The Kier molecular flexibility index (Phi) is 5.46. The van der Waals surface area contributed by atoms with E-state index in [9.17, 15) is 4.79 Å². The quantitative estimate of drug-likeness (QED) is 0.335. The van der Waals surface area contributed by atoms with E-state index >= 15 is 0 Å². The van der Waals surface area contributed by atoms with Crippen molar-refractivity contribution >= 4 is 34.0 Å². The van der Waals surface area contributed by atoms with Crippen LogP contribution in [-0.2, 0) is 0 Å². The van der Waals surface area contributed by atoms with Gasteiger partial charge in [-0.25, -0.2) is 4.99 Å². The molecule has 0 unspecified atom stereocenters. The Bertz CT molecular complexity index is 958. The number of fused-ring (bicyclic) bond motifs is 1. The van der Waals surface area contributed by atoms with Gasteiger partial charge in [0.25, 0.3) is 0 Å². The molecule has 0 aromatic heterocycles. The predicted molar refractivity (Wildman–Crippen MR) is 109 cm³/mol. The van der Waals surface area contributed by atoms with Gasteiger partial charge in [0, 0.05) is 17.4 Å². The third-order valence-electron chi connectivity index (χ3n) is 3.97. The lowest BCUT2D eigenvalue weighted by molar-refractivity contribution is 0.104. The minimum atomic E-state index is -0.0280. The smallest absolute Gasteiger partial charge is 0.188 e. The number of benzene rings is 3. The fourth-order valence-electron chi connectivity index (χ4n) is 2.58. The largest absolute Gasteiger partial charge is 0.289 e. The number of carbonyl (C=O) groups is 1. The molecule has 0 spiro atoms. The topological polar surface area (TPSA) is 29.4 Å². The van der Waals surface area contributed by atoms with Crippen molar-refractivity contribution < 1.29 is 4.79 Å². The zero-order valence-electron chi connectivity index (χ0n) is 14.3. The van der Waals surface area contributed by atoms with Crippen LogP contribution in [0.3, 0.4) is 0 Å². The van der Waals surface area contributed by atoms with Crippen LogP contribution in [0.2, 0.25) is 0 Å². The summed E-state index contributed by atoms with van der Waals surface area (Å²) in [5.41, 5.74) is 2.63. The van der Waals surface area contributed by atoms with Crippen molar-refractivity contribution in [2.75, 3.05) is 6.26 Å². The van der Waals surface area contributed by atoms with Gasteiger partial charge in [0.2, 0.25) is 0 Å². The summed E-state index contributed by atoms with van der Waals surface area (Å²) in [6.07, 6.45) is 3.54. The number of carbonyl (C=O) groups excluding carboxylic acids is 1. The van der Waals surface area contributed by atoms with Crippen LogP contribution in [0, 0.1) is 0 Å². The molecule has 3 aromatic carbocycles. The minimum absolute atomic E-state index is 0.0280. The summed E-state index contributed by atoms with van der Waals surface area (Å²) in [6.45, 7) is 1.96. The molecular formula is C22H19NOS. The lowest BCUT2D eigenvalue weighted by Crippen LogP contribution is -1.98. The summed E-state index contributed by atoms with van der Waals surface area (Å²) in [5, 5.41) is 2.90. The van der Waals surface area contributed by atoms with Crippen molar-refractivity contribution in [1.29, 1.82) is 0 Å². The highest BCUT2D eigenvalue weighted by Crippen LogP contribution is 2.20. The molecule has 2 nitrogen and oxygen atoms in total. The molecule has 3 aromatic rings. The predicted octanol–water partition coefficient (Wildman–Crippen LogP) is 5.74. The summed E-state index contributed by atoms with van der Waals surface area (Å²) in [6, 6.07) is 23.8. The maximum Gasteiger partial charge on any atom is 0.188 e. The maximum atomic E-state index is 12.6. The van der Waals surface area contributed by atoms with Gasteiger partial charge in [-0.1, -0.05) is 66.7 Å². The van der Waals surface area contributed by atoms with E-state index in [2.05, 4.69) is 4.99 Å². The van der Waals surface area contributed by atoms with Crippen molar-refractivity contribution in [2.24, 2.45) is 4.99 Å². The first kappa shape index (κ1) is 17.2. The van der Waals surface area contributed by atoms with Crippen molar-refractivity contribution in [2.45, 2.75) is 6.92 Å². The molecule has 0 fully saturated rings. The highest BCUT2D eigenvalue weighted by Gasteiger charge is 2.06. The molecule has 25 heavy (non-hydrogen) atoms. The van der Waals surface area contributed by atoms with Crippen LogP contribution in [0.5, 0.6) is 0 Å². The number of thioether (sulfide) groups is 1. The fraction of sp³-hybridized carbons (Fsp3) is 0.0909. The average Bonchev–Trinajstić information content (AvgIpc) is 2.67. The van der Waals surface area contributed by atoms with E-state index in [1.165, 1.54) is 11.8 Å². The lowest BCUT2D eigenvalue weighted by atomic mass is 10.0. The first-order valence-corrected chi connectivity index (χ1v) is 9.29. The lowest BCUT2D eigenvalue weighted by Gasteiger charge is -2.04. The van der Waals surface area contributed by atoms with Gasteiger partial charge in [0.05, 0.1) is 5.03 Å². The summed E-state index contributed by atoms with van der Waals surface area (Å²) in [5.74, 6) is -0.0280. The molecule has 124 valence electrons. The Balaban J connectivity index is 1.89. The number of hydrogen-bond acceptors (Lipinski definition) is 3. The van der Waals surface area contributed by atoms with Gasteiger partial charge in [-0.15, -0.1) is 11.8 Å². The summed E-state index contributed by atoms with van der Waals surface area (Å²) in [4.78, 5) is 17.2. The molecule has 0 aliphatic rings. The summed E-state index contributed by atoms with van der Waals surface area (Å²) < 4.78 is 0. The highest BCUT2D eigenvalue weighted by atomic mass is 32.2. The number of ketones is 1. The molecule has 3 heteroatoms. The van der Waals surface area contributed by atoms with E-state index in [-0.39, 0.29) is 5.78 Å². The van der Waals surface area contributed by atoms with Gasteiger partial charge in [-0.2, -0.15) is 0 Å². The van der Waals surface area contributed by atoms with E-state index in [1.54, 1.807) is 6.08 Å². The molecule has 0 radical (unpaired) electrons. The van der Waals surface area contributed by atoms with Crippen LogP contribution in [0.4, 0.5) is 0 Å². The zero-order valence-corrected chi connectivity index (χ0v) is 15.1. The molecule has 0 atom stereocenters. The van der Waals surface area contributed by atoms with Gasteiger partial charge in [0.15, 0.2) is 5.78 Å². The van der Waals surface area contributed by atoms with Crippen LogP contribution >= 0.6 is 11.8 Å². The number of aliphatic imine (C=N–C) groups is 1. The Morgan fingerprint density at radius 3 is 2.28 bits per heavy atom. The third-order valence-corrected chi connectivity index (χ3v) is 4.59. The number of nitrogens with zero attached hydrogens (tertiary/aromatic N) is 1. The fourth-order valence-corrected chi connectivity index (χ4v) is 3.04. The Labute approximate surface area is 152 Å². The third kappa shape index (κ3) is 4.25. The van der Waals surface area contributed by atoms with E-state index in [0.717, 1.165) is 22.0 Å². The molecular weight excluding hydrogens is 326 g/mol. The molecule has 0 N–H and O–H groups in total. The Morgan fingerprint density at radius 2 is 1.56 bits per heavy atom. The van der Waals surface area contributed by atoms with Crippen LogP contribution in [-0.4, -0.2) is 17.8 Å². The number of allylic oxidation sites excluding steroid dienone is 1. The van der Waals surface area contributed by atoms with Gasteiger partial charge in [0.1, 0.15) is 0 Å². The van der Waals surface area contributed by atoms with Gasteiger partial charge in [-0.3, -0.25) is 4.79 Å². The van der Waals surface area contributed by atoms with Crippen LogP contribution in [0.25, 0.3) is 10.8 Å². The molecule has 3 rings (SSSR count). The van der Waals surface area contributed by atoms with E-state index < -0.39 is 0 Å². The Hall–Kier alpha value is -2.65. The standard InChI is InChI=1S/C22H19NOS/c1-16(17-8-4-3-5-9-17)23-22(25-2)15-21(24)20-13-12-18-10-6-7-11-19(18)14-20/h3-15H,1-2H3/b22-15+,23-16?. The molecule has 0 saturated heterocycles. The van der Waals surface area contributed by atoms with E-state index in [4.69, 9.17) is 0 Å². The molecule has 0 saturated carbocycles. The van der Waals surface area contributed by atoms with E-state index in [0.29, 0.717) is 10.6 Å². The van der Waals surface area contributed by atoms with Crippen molar-refractivity contribution in [1.82, 2.24) is 0 Å². The molecule has 0 bridgehead atoms. The van der Waals surface area contributed by atoms with Crippen molar-refractivity contribution in [3.8, 4) is 0 Å². The summed E-state index contributed by atoms with van der Waals surface area (Å²) >= 11 is 1.47. The second-order valence-corrected chi connectivity index (χ2v) is 6.50. The van der Waals surface area contributed by atoms with Gasteiger partial charge in [-0.05, 0) is 35.6 Å². The zero-order chi connectivity index (χ0) is 17.6. The number of hydrogen-bond donors (Lipinski definition) is 0. The normalized spacial score (nSPS) is 12.4. The van der Waals surface area contributed by atoms with Gasteiger partial charge < -0.3 is 0 Å². The monoisotopic (exact) mass is 345 g/mol. The van der Waals surface area contributed by atoms with Gasteiger partial charge >= 0.3 is 0 Å². The first-order chi connectivity index (χ1) is 12.2. The molecule has 0 aliphatic carbocycles. The second kappa shape index (κ2) is 7.95. The van der Waals surface area contributed by atoms with Crippen LogP contribution in [0.1, 0.15) is 22.8 Å². The molecule has 0 aliphatic heterocycles. The average molecular weight is 345 g/mol. The molecule has 0 heterocycles. The second-order valence-electron chi connectivity index (χ2n) is 5.68. The highest BCUT2D eigenvalue weighted by molar-refractivity contribution is 8.02. The van der Waals surface area contributed by atoms with Crippen molar-refractivity contribution in [3.05, 3.63) is 95.0 Å². The SMILES string of the molecule is CS/C(=C/C(=O)c1ccc2ccccc2c1)N=C(C)c1ccccc1. The van der Waals surface area contributed by atoms with Crippen molar-refractivity contribution in [3.63, 3.8) is 0 Å². The van der Waals surface area contributed by atoms with Crippen LogP contribution < -0.4 is 0 Å². The summed E-state index contributed by atoms with van der Waals surface area (Å²) in [7, 11) is 0. The Morgan fingerprint density at radius 1 is 0.880 bits per heavy atom.